The van der Waals surface area contributed by atoms with Crippen molar-refractivity contribution in [1.29, 1.82) is 0 Å². The van der Waals surface area contributed by atoms with Gasteiger partial charge < -0.3 is 37.2 Å². The van der Waals surface area contributed by atoms with Crippen LogP contribution >= 0.6 is 0 Å². The van der Waals surface area contributed by atoms with Crippen LogP contribution in [0, 0.1) is 0 Å². The number of hydrogen-bond acceptors (Lipinski definition) is 7. The monoisotopic (exact) mass is 553 g/mol. The Morgan fingerprint density at radius 2 is 1.55 bits per heavy atom. The summed E-state index contributed by atoms with van der Waals surface area (Å²) in [5.74, 6) is -3.56. The van der Waals surface area contributed by atoms with Gasteiger partial charge in [-0.25, -0.2) is 4.79 Å². The van der Waals surface area contributed by atoms with Crippen LogP contribution in [0.3, 0.4) is 0 Å². The van der Waals surface area contributed by atoms with Crippen LogP contribution in [0.15, 0.2) is 54.6 Å². The number of nitrogens with one attached hydrogen (secondary N) is 2. The van der Waals surface area contributed by atoms with Gasteiger partial charge in [0.2, 0.25) is 23.6 Å². The number of likely N-dealkylation sites (tertiary alicyclic amines) is 1. The Kier molecular flexibility index (Phi) is 10.6. The summed E-state index contributed by atoms with van der Waals surface area (Å²) in [6.45, 7) is 0.296. The minimum absolute atomic E-state index is 0.0264. The third-order valence-corrected chi connectivity index (χ3v) is 6.76. The molecule has 0 bridgehead atoms. The van der Waals surface area contributed by atoms with Crippen LogP contribution in [0.1, 0.15) is 36.8 Å². The lowest BCUT2D eigenvalue weighted by Crippen LogP contribution is -2.57. The second-order valence-corrected chi connectivity index (χ2v) is 9.82. The van der Waals surface area contributed by atoms with Crippen molar-refractivity contribution in [2.45, 2.75) is 62.7 Å². The zero-order chi connectivity index (χ0) is 29.2. The first-order valence-corrected chi connectivity index (χ1v) is 13.0. The van der Waals surface area contributed by atoms with Crippen molar-refractivity contribution in [1.82, 2.24) is 15.5 Å². The second kappa shape index (κ2) is 14.1. The molecular formula is C28H35N5O7. The normalized spacial score (nSPS) is 16.9. The van der Waals surface area contributed by atoms with Gasteiger partial charge >= 0.3 is 5.97 Å². The van der Waals surface area contributed by atoms with Crippen molar-refractivity contribution >= 4 is 29.6 Å². The Morgan fingerprint density at radius 1 is 0.925 bits per heavy atom. The molecule has 40 heavy (non-hydrogen) atoms. The summed E-state index contributed by atoms with van der Waals surface area (Å²) in [4.78, 5) is 64.0. The average molecular weight is 554 g/mol. The van der Waals surface area contributed by atoms with Gasteiger partial charge in [0, 0.05) is 25.8 Å². The van der Waals surface area contributed by atoms with E-state index < -0.39 is 53.8 Å². The lowest BCUT2D eigenvalue weighted by atomic mass is 10.0. The van der Waals surface area contributed by atoms with Crippen molar-refractivity contribution in [2.24, 2.45) is 11.5 Å². The van der Waals surface area contributed by atoms with Gasteiger partial charge in [0.1, 0.15) is 23.9 Å². The van der Waals surface area contributed by atoms with Gasteiger partial charge in [-0.2, -0.15) is 0 Å². The number of carboxylic acid groups (broad SMARTS) is 1. The van der Waals surface area contributed by atoms with Crippen molar-refractivity contribution in [3.8, 4) is 5.75 Å². The molecule has 0 spiro atoms. The van der Waals surface area contributed by atoms with Gasteiger partial charge in [-0.3, -0.25) is 19.2 Å². The second-order valence-electron chi connectivity index (χ2n) is 9.82. The summed E-state index contributed by atoms with van der Waals surface area (Å²) in [5, 5.41) is 24.5. The number of carbonyl (C=O) groups is 5. The van der Waals surface area contributed by atoms with E-state index in [1.807, 2.05) is 0 Å². The SMILES string of the molecule is NC(=O)CCC(N)C(=O)N1CCCC1C(=O)NC(Cc1ccccc1)C(=O)NC(Cc1ccc(O)cc1)C(=O)O. The molecule has 2 aromatic carbocycles. The maximum Gasteiger partial charge on any atom is 0.326 e. The quantitative estimate of drug-likeness (QED) is 0.196. The number of rotatable bonds is 13. The molecule has 0 aromatic heterocycles. The van der Waals surface area contributed by atoms with Crippen LogP contribution < -0.4 is 22.1 Å². The Bertz CT molecular complexity index is 1210. The summed E-state index contributed by atoms with van der Waals surface area (Å²) in [5.41, 5.74) is 12.4. The fourth-order valence-electron chi connectivity index (χ4n) is 4.60. The van der Waals surface area contributed by atoms with Gasteiger partial charge in [0.15, 0.2) is 0 Å². The molecule has 4 amide bonds. The fourth-order valence-corrected chi connectivity index (χ4v) is 4.60. The highest BCUT2D eigenvalue weighted by molar-refractivity contribution is 5.94. The highest BCUT2D eigenvalue weighted by Gasteiger charge is 2.38. The minimum atomic E-state index is -1.29. The van der Waals surface area contributed by atoms with Gasteiger partial charge in [0.05, 0.1) is 6.04 Å². The summed E-state index contributed by atoms with van der Waals surface area (Å²) in [6, 6.07) is 10.6. The lowest BCUT2D eigenvalue weighted by Gasteiger charge is -2.28. The molecule has 4 atom stereocenters. The van der Waals surface area contributed by atoms with Crippen LogP contribution in [-0.4, -0.2) is 75.4 Å². The zero-order valence-corrected chi connectivity index (χ0v) is 22.0. The van der Waals surface area contributed by atoms with Gasteiger partial charge in [0.25, 0.3) is 0 Å². The zero-order valence-electron chi connectivity index (χ0n) is 22.0. The maximum atomic E-state index is 13.4. The number of carboxylic acids is 1. The number of nitrogens with zero attached hydrogens (tertiary/aromatic N) is 1. The molecule has 0 radical (unpaired) electrons. The molecule has 12 nitrogen and oxygen atoms in total. The third kappa shape index (κ3) is 8.53. The molecule has 3 rings (SSSR count). The predicted molar refractivity (Wildman–Crippen MR) is 145 cm³/mol. The molecule has 0 saturated carbocycles. The van der Waals surface area contributed by atoms with Crippen LogP contribution in [0.25, 0.3) is 0 Å². The molecule has 1 fully saturated rings. The van der Waals surface area contributed by atoms with E-state index in [9.17, 15) is 34.2 Å². The molecule has 4 unspecified atom stereocenters. The number of benzene rings is 2. The van der Waals surface area contributed by atoms with E-state index in [1.165, 1.54) is 17.0 Å². The highest BCUT2D eigenvalue weighted by Crippen LogP contribution is 2.20. The van der Waals surface area contributed by atoms with Crippen LogP contribution in [-0.2, 0) is 36.8 Å². The number of phenolic OH excluding ortho intramolecular Hbond substituents is 1. The Balaban J connectivity index is 1.75. The summed E-state index contributed by atoms with van der Waals surface area (Å²) in [6.07, 6.45) is 0.944. The summed E-state index contributed by atoms with van der Waals surface area (Å²) < 4.78 is 0. The maximum absolute atomic E-state index is 13.4. The van der Waals surface area contributed by atoms with Crippen molar-refractivity contribution in [3.63, 3.8) is 0 Å². The number of nitrogens with two attached hydrogens (primary N) is 2. The van der Waals surface area contributed by atoms with E-state index in [-0.39, 0.29) is 31.4 Å². The Labute approximate surface area is 231 Å². The van der Waals surface area contributed by atoms with E-state index in [4.69, 9.17) is 11.5 Å². The molecular weight excluding hydrogens is 518 g/mol. The number of phenols is 1. The number of aromatic hydroxyl groups is 1. The molecule has 0 aliphatic carbocycles. The molecule has 8 N–H and O–H groups in total. The fraction of sp³-hybridized carbons (Fsp3) is 0.393. The number of amides is 4. The largest absolute Gasteiger partial charge is 0.508 e. The van der Waals surface area contributed by atoms with Gasteiger partial charge in [-0.05, 0) is 42.5 Å². The Hall–Kier alpha value is -4.45. The van der Waals surface area contributed by atoms with Crippen LogP contribution in [0.2, 0.25) is 0 Å². The standard InChI is InChI=1S/C28H35N5O7/c29-20(12-13-24(30)35)27(38)33-14-4-7-23(33)26(37)31-21(15-17-5-2-1-3-6-17)25(36)32-22(28(39)40)16-18-8-10-19(34)11-9-18/h1-3,5-6,8-11,20-23,34H,4,7,12-16,29H2,(H2,30,35)(H,31,37)(H,32,36)(H,39,40). The first kappa shape index (κ1) is 30.1. The van der Waals surface area contributed by atoms with Crippen LogP contribution in [0.5, 0.6) is 5.75 Å². The van der Waals surface area contributed by atoms with Gasteiger partial charge in [-0.15, -0.1) is 0 Å². The first-order chi connectivity index (χ1) is 19.0. The molecule has 1 heterocycles. The minimum Gasteiger partial charge on any atom is -0.508 e. The molecule has 214 valence electrons. The third-order valence-electron chi connectivity index (χ3n) is 6.76. The topological polar surface area (TPSA) is 205 Å². The lowest BCUT2D eigenvalue weighted by molar-refractivity contribution is -0.143. The van der Waals surface area contributed by atoms with E-state index in [2.05, 4.69) is 10.6 Å². The summed E-state index contributed by atoms with van der Waals surface area (Å²) in [7, 11) is 0. The number of primary amides is 1. The number of hydrogen-bond donors (Lipinski definition) is 6. The molecule has 1 aliphatic rings. The van der Waals surface area contributed by atoms with Crippen LogP contribution in [0.4, 0.5) is 0 Å². The smallest absolute Gasteiger partial charge is 0.326 e. The van der Waals surface area contributed by atoms with E-state index in [0.29, 0.717) is 24.9 Å². The first-order valence-electron chi connectivity index (χ1n) is 13.0. The average Bonchev–Trinajstić information content (AvgIpc) is 3.42. The van der Waals surface area contributed by atoms with E-state index in [1.54, 1.807) is 42.5 Å². The molecule has 12 heteroatoms. The molecule has 1 aliphatic heterocycles. The predicted octanol–water partition coefficient (Wildman–Crippen LogP) is -0.185. The molecule has 2 aromatic rings. The Morgan fingerprint density at radius 3 is 2.17 bits per heavy atom. The van der Waals surface area contributed by atoms with Gasteiger partial charge in [-0.1, -0.05) is 42.5 Å². The number of aliphatic carboxylic acids is 1. The highest BCUT2D eigenvalue weighted by atomic mass is 16.4. The van der Waals surface area contributed by atoms with Crippen molar-refractivity contribution < 1.29 is 34.2 Å². The number of carbonyl (C=O) groups excluding carboxylic acids is 4. The van der Waals surface area contributed by atoms with E-state index >= 15 is 0 Å². The molecule has 1 saturated heterocycles. The van der Waals surface area contributed by atoms with Crippen molar-refractivity contribution in [2.75, 3.05) is 6.54 Å². The van der Waals surface area contributed by atoms with Crippen molar-refractivity contribution in [3.05, 3.63) is 65.7 Å². The van der Waals surface area contributed by atoms with E-state index in [0.717, 1.165) is 5.56 Å². The summed E-state index contributed by atoms with van der Waals surface area (Å²) >= 11 is 0.